The van der Waals surface area contributed by atoms with E-state index in [0.717, 1.165) is 25.7 Å². The van der Waals surface area contributed by atoms with Gasteiger partial charge in [-0.05, 0) is 19.4 Å². The Morgan fingerprint density at radius 3 is 2.78 bits per heavy atom. The second-order valence-corrected chi connectivity index (χ2v) is 6.28. The van der Waals surface area contributed by atoms with Crippen LogP contribution in [0.3, 0.4) is 0 Å². The van der Waals surface area contributed by atoms with Crippen molar-refractivity contribution in [3.05, 3.63) is 11.1 Å². The molecule has 3 rings (SSSR count). The zero-order valence-electron chi connectivity index (χ0n) is 11.1. The van der Waals surface area contributed by atoms with E-state index >= 15 is 0 Å². The number of hydrogen-bond acceptors (Lipinski definition) is 5. The molecular weight excluding hydrogens is 244 g/mol. The Morgan fingerprint density at radius 1 is 1.33 bits per heavy atom. The molecule has 4 nitrogen and oxygen atoms in total. The molecule has 0 amide bonds. The number of likely N-dealkylation sites (N-methyl/N-ethyl adjacent to an activating group) is 1. The summed E-state index contributed by atoms with van der Waals surface area (Å²) >= 11 is 1.85. The lowest BCUT2D eigenvalue weighted by Gasteiger charge is -2.33. The summed E-state index contributed by atoms with van der Waals surface area (Å²) in [5, 5.41) is 4.76. The summed E-state index contributed by atoms with van der Waals surface area (Å²) in [4.78, 5) is 10.9. The van der Waals surface area contributed by atoms with E-state index in [-0.39, 0.29) is 0 Å². The predicted molar refractivity (Wildman–Crippen MR) is 76.3 cm³/mol. The van der Waals surface area contributed by atoms with Gasteiger partial charge < -0.3 is 15.1 Å². The van der Waals surface area contributed by atoms with E-state index in [4.69, 9.17) is 0 Å². The molecule has 2 fully saturated rings. The molecule has 0 bridgehead atoms. The van der Waals surface area contributed by atoms with E-state index < -0.39 is 0 Å². The Bertz CT molecular complexity index is 380. The van der Waals surface area contributed by atoms with Crippen molar-refractivity contribution >= 4 is 16.5 Å². The van der Waals surface area contributed by atoms with E-state index in [1.165, 1.54) is 42.5 Å². The van der Waals surface area contributed by atoms with Crippen LogP contribution in [-0.4, -0.2) is 48.6 Å². The molecule has 1 aliphatic carbocycles. The highest BCUT2D eigenvalue weighted by Crippen LogP contribution is 2.25. The first-order valence-corrected chi connectivity index (χ1v) is 7.82. The number of rotatable bonds is 5. The van der Waals surface area contributed by atoms with Crippen molar-refractivity contribution in [2.75, 3.05) is 37.6 Å². The summed E-state index contributed by atoms with van der Waals surface area (Å²) in [5.74, 6) is 0. The molecule has 0 spiro atoms. The molecule has 100 valence electrons. The molecule has 0 aromatic carbocycles. The quantitative estimate of drug-likeness (QED) is 0.876. The lowest BCUT2D eigenvalue weighted by Crippen LogP contribution is -2.46. The number of nitrogens with zero attached hydrogens (tertiary/aromatic N) is 3. The van der Waals surface area contributed by atoms with Crippen LogP contribution in [0.25, 0.3) is 0 Å². The molecule has 18 heavy (non-hydrogen) atoms. The number of hydrogen-bond donors (Lipinski definition) is 1. The normalized spacial score (nSPS) is 21.5. The maximum Gasteiger partial charge on any atom is 0.185 e. The van der Waals surface area contributed by atoms with Crippen LogP contribution in [-0.2, 0) is 6.54 Å². The molecule has 1 saturated heterocycles. The zero-order valence-corrected chi connectivity index (χ0v) is 11.9. The van der Waals surface area contributed by atoms with Gasteiger partial charge >= 0.3 is 0 Å². The van der Waals surface area contributed by atoms with E-state index in [1.807, 2.05) is 17.5 Å². The Kier molecular flexibility index (Phi) is 3.82. The van der Waals surface area contributed by atoms with Crippen LogP contribution in [0.4, 0.5) is 5.13 Å². The van der Waals surface area contributed by atoms with Crippen molar-refractivity contribution in [1.29, 1.82) is 0 Å². The minimum atomic E-state index is 0.781. The number of piperazine rings is 1. The molecular formula is C13H22N4S. The monoisotopic (exact) mass is 266 g/mol. The lowest BCUT2D eigenvalue weighted by molar-refractivity contribution is 0.271. The van der Waals surface area contributed by atoms with Crippen LogP contribution in [0.1, 0.15) is 24.6 Å². The number of thiazole rings is 1. The van der Waals surface area contributed by atoms with Gasteiger partial charge in [-0.25, -0.2) is 4.98 Å². The molecule has 0 unspecified atom stereocenters. The van der Waals surface area contributed by atoms with E-state index in [1.54, 1.807) is 0 Å². The Labute approximate surface area is 113 Å². The maximum atomic E-state index is 4.58. The van der Waals surface area contributed by atoms with Gasteiger partial charge in [0.1, 0.15) is 0 Å². The third-order valence-corrected chi connectivity index (χ3v) is 4.83. The fourth-order valence-corrected chi connectivity index (χ4v) is 3.23. The number of anilines is 1. The van der Waals surface area contributed by atoms with Crippen molar-refractivity contribution in [3.63, 3.8) is 0 Å². The third kappa shape index (κ3) is 3.02. The third-order valence-electron chi connectivity index (χ3n) is 3.77. The average molecular weight is 266 g/mol. The highest BCUT2D eigenvalue weighted by atomic mass is 32.1. The van der Waals surface area contributed by atoms with Crippen molar-refractivity contribution in [2.24, 2.45) is 0 Å². The van der Waals surface area contributed by atoms with Crippen LogP contribution in [0.2, 0.25) is 0 Å². The molecule has 5 heteroatoms. The molecule has 1 saturated carbocycles. The van der Waals surface area contributed by atoms with Gasteiger partial charge in [0.05, 0.1) is 0 Å². The van der Waals surface area contributed by atoms with Gasteiger partial charge in [0.2, 0.25) is 0 Å². The highest BCUT2D eigenvalue weighted by molar-refractivity contribution is 7.15. The minimum Gasteiger partial charge on any atom is -0.346 e. The Morgan fingerprint density at radius 2 is 2.11 bits per heavy atom. The van der Waals surface area contributed by atoms with E-state index in [0.29, 0.717) is 0 Å². The zero-order chi connectivity index (χ0) is 12.4. The first-order valence-electron chi connectivity index (χ1n) is 7.00. The summed E-state index contributed by atoms with van der Waals surface area (Å²) in [6.07, 6.45) is 4.75. The molecule has 0 radical (unpaired) electrons. The Hall–Kier alpha value is -0.650. The van der Waals surface area contributed by atoms with Crippen molar-refractivity contribution in [3.8, 4) is 0 Å². The van der Waals surface area contributed by atoms with Gasteiger partial charge in [0.25, 0.3) is 0 Å². The molecule has 2 aliphatic rings. The first-order chi connectivity index (χ1) is 8.85. The Balaban J connectivity index is 1.52. The van der Waals surface area contributed by atoms with Gasteiger partial charge in [0.15, 0.2) is 5.13 Å². The first kappa shape index (κ1) is 12.4. The van der Waals surface area contributed by atoms with Crippen LogP contribution < -0.4 is 10.2 Å². The number of nitrogens with one attached hydrogen (secondary N) is 1. The molecule has 1 aliphatic heterocycles. The maximum absolute atomic E-state index is 4.58. The summed E-state index contributed by atoms with van der Waals surface area (Å²) in [5.41, 5.74) is 0. The summed E-state index contributed by atoms with van der Waals surface area (Å²) in [6, 6.07) is 0.781. The highest BCUT2D eigenvalue weighted by Gasteiger charge is 2.21. The molecule has 1 aromatic rings. The molecule has 0 atom stereocenters. The smallest absolute Gasteiger partial charge is 0.185 e. The van der Waals surface area contributed by atoms with Crippen LogP contribution in [0.15, 0.2) is 6.20 Å². The fourth-order valence-electron chi connectivity index (χ4n) is 2.31. The minimum absolute atomic E-state index is 0.781. The number of aromatic nitrogens is 1. The van der Waals surface area contributed by atoms with Crippen LogP contribution in [0.5, 0.6) is 0 Å². The largest absolute Gasteiger partial charge is 0.346 e. The summed E-state index contributed by atoms with van der Waals surface area (Å²) < 4.78 is 0. The molecule has 2 heterocycles. The molecule has 1 N–H and O–H groups in total. The van der Waals surface area contributed by atoms with Gasteiger partial charge in [-0.1, -0.05) is 6.92 Å². The van der Waals surface area contributed by atoms with Gasteiger partial charge in [-0.2, -0.15) is 0 Å². The lowest BCUT2D eigenvalue weighted by atomic mass is 10.3. The van der Waals surface area contributed by atoms with Crippen molar-refractivity contribution in [1.82, 2.24) is 15.2 Å². The van der Waals surface area contributed by atoms with E-state index in [9.17, 15) is 0 Å². The predicted octanol–water partition coefficient (Wildman–Crippen LogP) is 1.54. The second-order valence-electron chi connectivity index (χ2n) is 5.19. The summed E-state index contributed by atoms with van der Waals surface area (Å²) in [6.45, 7) is 8.99. The topological polar surface area (TPSA) is 31.4 Å². The van der Waals surface area contributed by atoms with Gasteiger partial charge in [-0.3, -0.25) is 0 Å². The van der Waals surface area contributed by atoms with Crippen LogP contribution in [0, 0.1) is 0 Å². The SMILES string of the molecule is CCN1CCN(c2ncc(CNC3CC3)s2)CC1. The van der Waals surface area contributed by atoms with Gasteiger partial charge in [0, 0.05) is 49.8 Å². The standard InChI is InChI=1S/C13H22N4S/c1-2-16-5-7-17(8-6-16)13-15-10-12(18-13)9-14-11-3-4-11/h10-11,14H,2-9H2,1H3. The average Bonchev–Trinajstić information content (AvgIpc) is 3.14. The summed E-state index contributed by atoms with van der Waals surface area (Å²) in [7, 11) is 0. The van der Waals surface area contributed by atoms with Crippen LogP contribution >= 0.6 is 11.3 Å². The fraction of sp³-hybridized carbons (Fsp3) is 0.769. The van der Waals surface area contributed by atoms with Crippen molar-refractivity contribution in [2.45, 2.75) is 32.4 Å². The van der Waals surface area contributed by atoms with E-state index in [2.05, 4.69) is 27.0 Å². The second kappa shape index (κ2) is 5.55. The van der Waals surface area contributed by atoms with Gasteiger partial charge in [-0.15, -0.1) is 11.3 Å². The molecule has 1 aromatic heterocycles. The van der Waals surface area contributed by atoms with Crippen molar-refractivity contribution < 1.29 is 0 Å².